The van der Waals surface area contributed by atoms with Crippen molar-refractivity contribution in [3.63, 3.8) is 0 Å². The van der Waals surface area contributed by atoms with Gasteiger partial charge in [0.15, 0.2) is 11.5 Å². The Bertz CT molecular complexity index is 908. The standard InChI is InChI=1S/C19H19ClN2O6S/c1-2-27-16-8-12(18-21-15(10-29-18)19(23)24)7-14(20)17(16)28-9-11-3-5-13(6-4-11)22(25)26/h3-8,15,18,21H,2,9-10H2,1H3,(H,23,24). The van der Waals surface area contributed by atoms with Gasteiger partial charge < -0.3 is 14.6 Å². The number of hydrogen-bond acceptors (Lipinski definition) is 7. The van der Waals surface area contributed by atoms with Crippen LogP contribution in [0.25, 0.3) is 0 Å². The summed E-state index contributed by atoms with van der Waals surface area (Å²) in [6.07, 6.45) is 0. The predicted molar refractivity (Wildman–Crippen MR) is 110 cm³/mol. The number of carbonyl (C=O) groups is 1. The van der Waals surface area contributed by atoms with Crippen LogP contribution < -0.4 is 14.8 Å². The number of nitro benzene ring substituents is 1. The molecule has 154 valence electrons. The highest BCUT2D eigenvalue weighted by atomic mass is 35.5. The zero-order chi connectivity index (χ0) is 21.0. The van der Waals surface area contributed by atoms with E-state index in [9.17, 15) is 14.9 Å². The Labute approximate surface area is 176 Å². The normalized spacial score (nSPS) is 18.4. The molecule has 0 amide bonds. The molecule has 0 spiro atoms. The third kappa shape index (κ3) is 5.11. The molecule has 1 saturated heterocycles. The zero-order valence-electron chi connectivity index (χ0n) is 15.5. The van der Waals surface area contributed by atoms with E-state index in [1.54, 1.807) is 24.3 Å². The van der Waals surface area contributed by atoms with Crippen LogP contribution in [0.5, 0.6) is 11.5 Å². The van der Waals surface area contributed by atoms with E-state index in [4.69, 9.17) is 26.2 Å². The largest absolute Gasteiger partial charge is 0.490 e. The Kier molecular flexibility index (Phi) is 6.83. The van der Waals surface area contributed by atoms with Crippen LogP contribution in [0.2, 0.25) is 5.02 Å². The van der Waals surface area contributed by atoms with Gasteiger partial charge >= 0.3 is 5.97 Å². The molecule has 10 heteroatoms. The van der Waals surface area contributed by atoms with Gasteiger partial charge in [-0.1, -0.05) is 11.6 Å². The molecule has 0 aromatic heterocycles. The first kappa shape index (κ1) is 21.2. The molecule has 2 aromatic rings. The highest BCUT2D eigenvalue weighted by molar-refractivity contribution is 7.99. The first-order valence-electron chi connectivity index (χ1n) is 8.82. The van der Waals surface area contributed by atoms with Crippen molar-refractivity contribution < 1.29 is 24.3 Å². The van der Waals surface area contributed by atoms with Crippen molar-refractivity contribution in [2.75, 3.05) is 12.4 Å². The summed E-state index contributed by atoms with van der Waals surface area (Å²) in [6.45, 7) is 2.40. The summed E-state index contributed by atoms with van der Waals surface area (Å²) in [5, 5.41) is 23.1. The Morgan fingerprint density at radius 1 is 1.34 bits per heavy atom. The number of nitrogens with one attached hydrogen (secondary N) is 1. The fourth-order valence-electron chi connectivity index (χ4n) is 2.82. The molecule has 29 heavy (non-hydrogen) atoms. The van der Waals surface area contributed by atoms with E-state index in [0.717, 1.165) is 11.1 Å². The number of carboxylic acids is 1. The highest BCUT2D eigenvalue weighted by Gasteiger charge is 2.31. The first-order valence-corrected chi connectivity index (χ1v) is 10.2. The molecule has 2 atom stereocenters. The van der Waals surface area contributed by atoms with Gasteiger partial charge in [-0.05, 0) is 42.3 Å². The van der Waals surface area contributed by atoms with Crippen LogP contribution in [-0.4, -0.2) is 34.4 Å². The maximum Gasteiger partial charge on any atom is 0.321 e. The number of nitrogens with zero attached hydrogens (tertiary/aromatic N) is 1. The van der Waals surface area contributed by atoms with Crippen LogP contribution in [0.3, 0.4) is 0 Å². The summed E-state index contributed by atoms with van der Waals surface area (Å²) < 4.78 is 11.5. The van der Waals surface area contributed by atoms with Gasteiger partial charge in [-0.25, -0.2) is 0 Å². The second-order valence-electron chi connectivity index (χ2n) is 6.25. The van der Waals surface area contributed by atoms with Gasteiger partial charge in [0.1, 0.15) is 12.6 Å². The van der Waals surface area contributed by atoms with E-state index in [1.807, 2.05) is 6.92 Å². The molecule has 0 bridgehead atoms. The average Bonchev–Trinajstić information content (AvgIpc) is 3.18. The molecule has 0 aliphatic carbocycles. The summed E-state index contributed by atoms with van der Waals surface area (Å²) in [5.74, 6) is 0.394. The van der Waals surface area contributed by atoms with Crippen molar-refractivity contribution in [3.05, 3.63) is 62.7 Å². The van der Waals surface area contributed by atoms with Crippen LogP contribution in [0, 0.1) is 10.1 Å². The molecule has 8 nitrogen and oxygen atoms in total. The second kappa shape index (κ2) is 9.34. The molecule has 2 aromatic carbocycles. The van der Waals surface area contributed by atoms with Crippen LogP contribution in [0.4, 0.5) is 5.69 Å². The third-order valence-corrected chi connectivity index (χ3v) is 5.79. The predicted octanol–water partition coefficient (Wildman–Crippen LogP) is 4.01. The molecule has 2 unspecified atom stereocenters. The minimum atomic E-state index is -0.890. The molecular weight excluding hydrogens is 420 g/mol. The quantitative estimate of drug-likeness (QED) is 0.469. The average molecular weight is 439 g/mol. The van der Waals surface area contributed by atoms with Crippen LogP contribution in [-0.2, 0) is 11.4 Å². The van der Waals surface area contributed by atoms with Gasteiger partial charge in [-0.15, -0.1) is 11.8 Å². The Hall–Kier alpha value is -2.49. The lowest BCUT2D eigenvalue weighted by Gasteiger charge is -2.18. The van der Waals surface area contributed by atoms with Crippen molar-refractivity contribution in [2.45, 2.75) is 24.9 Å². The number of carboxylic acid groups (broad SMARTS) is 1. The molecule has 0 radical (unpaired) electrons. The third-order valence-electron chi connectivity index (χ3n) is 4.24. The summed E-state index contributed by atoms with van der Waals surface area (Å²) in [5.41, 5.74) is 1.55. The summed E-state index contributed by atoms with van der Waals surface area (Å²) >= 11 is 7.92. The van der Waals surface area contributed by atoms with Crippen LogP contribution in [0.1, 0.15) is 23.4 Å². The van der Waals surface area contributed by atoms with E-state index in [0.29, 0.717) is 28.9 Å². The van der Waals surface area contributed by atoms with Crippen molar-refractivity contribution in [3.8, 4) is 11.5 Å². The molecule has 1 fully saturated rings. The number of aliphatic carboxylic acids is 1. The maximum atomic E-state index is 11.2. The SMILES string of the molecule is CCOc1cc(C2NC(C(=O)O)CS2)cc(Cl)c1OCc1ccc([N+](=O)[O-])cc1. The lowest BCUT2D eigenvalue weighted by molar-refractivity contribution is -0.384. The van der Waals surface area contributed by atoms with Gasteiger partial charge in [0, 0.05) is 17.9 Å². The molecule has 2 N–H and O–H groups in total. The zero-order valence-corrected chi connectivity index (χ0v) is 17.0. The molecule has 1 aliphatic heterocycles. The summed E-state index contributed by atoms with van der Waals surface area (Å²) in [4.78, 5) is 21.5. The van der Waals surface area contributed by atoms with Crippen molar-refractivity contribution in [1.29, 1.82) is 0 Å². The van der Waals surface area contributed by atoms with Gasteiger partial charge in [0.05, 0.1) is 21.9 Å². The first-order chi connectivity index (χ1) is 13.9. The number of nitro groups is 1. The second-order valence-corrected chi connectivity index (χ2v) is 7.79. The van der Waals surface area contributed by atoms with Crippen molar-refractivity contribution in [2.24, 2.45) is 0 Å². The Morgan fingerprint density at radius 3 is 2.66 bits per heavy atom. The smallest absolute Gasteiger partial charge is 0.321 e. The van der Waals surface area contributed by atoms with Crippen LogP contribution >= 0.6 is 23.4 Å². The Morgan fingerprint density at radius 2 is 2.07 bits per heavy atom. The fourth-order valence-corrected chi connectivity index (χ4v) is 4.30. The number of rotatable bonds is 8. The lowest BCUT2D eigenvalue weighted by Crippen LogP contribution is -2.33. The maximum absolute atomic E-state index is 11.2. The van der Waals surface area contributed by atoms with E-state index in [2.05, 4.69) is 5.32 Å². The molecule has 1 heterocycles. The molecule has 3 rings (SSSR count). The number of benzene rings is 2. The van der Waals surface area contributed by atoms with Gasteiger partial charge in [0.2, 0.25) is 0 Å². The summed E-state index contributed by atoms with van der Waals surface area (Å²) in [7, 11) is 0. The van der Waals surface area contributed by atoms with Crippen LogP contribution in [0.15, 0.2) is 36.4 Å². The van der Waals surface area contributed by atoms with Crippen molar-refractivity contribution >= 4 is 35.0 Å². The minimum absolute atomic E-state index is 0.00682. The topological polar surface area (TPSA) is 111 Å². The molecule has 0 saturated carbocycles. The lowest BCUT2D eigenvalue weighted by atomic mass is 10.1. The van der Waals surface area contributed by atoms with E-state index >= 15 is 0 Å². The van der Waals surface area contributed by atoms with E-state index in [1.165, 1.54) is 23.9 Å². The number of hydrogen-bond donors (Lipinski definition) is 2. The monoisotopic (exact) mass is 438 g/mol. The minimum Gasteiger partial charge on any atom is -0.490 e. The van der Waals surface area contributed by atoms with Gasteiger partial charge in [0.25, 0.3) is 5.69 Å². The van der Waals surface area contributed by atoms with Gasteiger partial charge in [-0.3, -0.25) is 20.2 Å². The highest BCUT2D eigenvalue weighted by Crippen LogP contribution is 2.42. The summed E-state index contributed by atoms with van der Waals surface area (Å²) in [6, 6.07) is 8.96. The number of thioether (sulfide) groups is 1. The van der Waals surface area contributed by atoms with E-state index < -0.39 is 16.9 Å². The fraction of sp³-hybridized carbons (Fsp3) is 0.316. The van der Waals surface area contributed by atoms with Gasteiger partial charge in [-0.2, -0.15) is 0 Å². The van der Waals surface area contributed by atoms with Crippen molar-refractivity contribution in [1.82, 2.24) is 5.32 Å². The van der Waals surface area contributed by atoms with E-state index in [-0.39, 0.29) is 17.7 Å². The molecule has 1 aliphatic rings. The molecular formula is C19H19ClN2O6S. The number of non-ortho nitro benzene ring substituents is 1. The number of halogens is 1. The Balaban J connectivity index is 1.77. The number of ether oxygens (including phenoxy) is 2.